The van der Waals surface area contributed by atoms with Crippen LogP contribution in [-0.2, 0) is 15.8 Å². The number of anilines is 1. The average Bonchev–Trinajstić information content (AvgIpc) is 2.80. The van der Waals surface area contributed by atoms with Crippen molar-refractivity contribution in [2.75, 3.05) is 31.1 Å². The van der Waals surface area contributed by atoms with Crippen LogP contribution in [0.4, 0.5) is 19.0 Å². The van der Waals surface area contributed by atoms with Crippen LogP contribution >= 0.6 is 0 Å². The molecular formula is C26H34F3N5O2. The van der Waals surface area contributed by atoms with Gasteiger partial charge in [0.15, 0.2) is 0 Å². The minimum absolute atomic E-state index is 0.112. The first-order chi connectivity index (χ1) is 17.1. The first kappa shape index (κ1) is 24.0. The first-order valence-corrected chi connectivity index (χ1v) is 13.2. The lowest BCUT2D eigenvalue weighted by atomic mass is 9.47. The standard InChI is InChI=1S/C26H34F3N5O2/c27-26(28,29)19-2-3-20(31-15-19)33-6-8-34(9-7-33)25(4-1-5-25)23(36)32-21-17-10-16-11-18(21)14-24(12-16,13-17)22(30)35/h2-3,15-18,21H,1,4-14H2,(H2,30,35)(H,32,36)/t16?,17-,18+,21?,24?. The van der Waals surface area contributed by atoms with Gasteiger partial charge in [0.1, 0.15) is 11.4 Å². The van der Waals surface area contributed by atoms with Crippen molar-refractivity contribution < 1.29 is 22.8 Å². The average molecular weight is 506 g/mol. The summed E-state index contributed by atoms with van der Waals surface area (Å²) >= 11 is 0. The monoisotopic (exact) mass is 505 g/mol. The van der Waals surface area contributed by atoms with Gasteiger partial charge >= 0.3 is 6.18 Å². The van der Waals surface area contributed by atoms with Crippen molar-refractivity contribution in [1.29, 1.82) is 0 Å². The van der Waals surface area contributed by atoms with E-state index in [4.69, 9.17) is 5.73 Å². The number of nitrogens with zero attached hydrogens (tertiary/aromatic N) is 3. The lowest BCUT2D eigenvalue weighted by Gasteiger charge is -2.59. The number of halogens is 3. The van der Waals surface area contributed by atoms with Crippen molar-refractivity contribution in [3.05, 3.63) is 23.9 Å². The normalized spacial score (nSPS) is 35.4. The van der Waals surface area contributed by atoms with Crippen molar-refractivity contribution in [3.63, 3.8) is 0 Å². The number of carbonyl (C=O) groups excluding carboxylic acids is 2. The Bertz CT molecular complexity index is 1020. The zero-order chi connectivity index (χ0) is 25.3. The lowest BCUT2D eigenvalue weighted by molar-refractivity contribution is -0.152. The zero-order valence-corrected chi connectivity index (χ0v) is 20.4. The van der Waals surface area contributed by atoms with Crippen LogP contribution in [-0.4, -0.2) is 59.5 Å². The fraction of sp³-hybridized carbons (Fsp3) is 0.731. The second-order valence-electron chi connectivity index (χ2n) is 11.9. The van der Waals surface area contributed by atoms with E-state index in [0.29, 0.717) is 49.8 Å². The predicted octanol–water partition coefficient (Wildman–Crippen LogP) is 2.94. The van der Waals surface area contributed by atoms with Crippen LogP contribution in [0.3, 0.4) is 0 Å². The molecule has 10 heteroatoms. The molecule has 6 aliphatic rings. The molecule has 1 aliphatic heterocycles. The predicted molar refractivity (Wildman–Crippen MR) is 127 cm³/mol. The van der Waals surface area contributed by atoms with Crippen molar-refractivity contribution >= 4 is 17.6 Å². The number of nitrogens with two attached hydrogens (primary N) is 1. The quantitative estimate of drug-likeness (QED) is 0.642. The van der Waals surface area contributed by atoms with E-state index < -0.39 is 17.3 Å². The molecule has 0 aromatic carbocycles. The molecule has 0 radical (unpaired) electrons. The number of hydrogen-bond acceptors (Lipinski definition) is 5. The van der Waals surface area contributed by atoms with Gasteiger partial charge in [0.05, 0.1) is 5.56 Å². The van der Waals surface area contributed by atoms with Gasteiger partial charge in [0.25, 0.3) is 0 Å². The van der Waals surface area contributed by atoms with Gasteiger partial charge in [-0.15, -0.1) is 0 Å². The Labute approximate surface area is 209 Å². The lowest BCUT2D eigenvalue weighted by Crippen LogP contribution is -2.70. The van der Waals surface area contributed by atoms with Crippen LogP contribution in [0.5, 0.6) is 0 Å². The first-order valence-electron chi connectivity index (χ1n) is 13.2. The summed E-state index contributed by atoms with van der Waals surface area (Å²) in [6.45, 7) is 2.57. The number of pyridine rings is 1. The molecule has 5 atom stereocenters. The Morgan fingerprint density at radius 1 is 1.03 bits per heavy atom. The number of aromatic nitrogens is 1. The van der Waals surface area contributed by atoms with E-state index in [1.807, 2.05) is 4.90 Å². The molecule has 1 aromatic heterocycles. The molecule has 2 amide bonds. The molecule has 2 heterocycles. The van der Waals surface area contributed by atoms with Crippen molar-refractivity contribution in [3.8, 4) is 0 Å². The van der Waals surface area contributed by atoms with E-state index in [1.165, 1.54) is 6.07 Å². The number of piperazine rings is 1. The topological polar surface area (TPSA) is 91.6 Å². The number of amides is 2. The second kappa shape index (κ2) is 8.33. The van der Waals surface area contributed by atoms with Crippen molar-refractivity contribution in [2.45, 2.75) is 69.1 Å². The summed E-state index contributed by atoms with van der Waals surface area (Å²) in [5, 5.41) is 3.46. The molecule has 1 saturated heterocycles. The number of primary amides is 1. The Balaban J connectivity index is 1.10. The number of nitrogens with one attached hydrogen (secondary N) is 1. The third kappa shape index (κ3) is 3.78. The van der Waals surface area contributed by atoms with E-state index in [9.17, 15) is 22.8 Å². The van der Waals surface area contributed by atoms with E-state index in [-0.39, 0.29) is 23.3 Å². The van der Waals surface area contributed by atoms with Crippen LogP contribution in [0, 0.1) is 23.2 Å². The SMILES string of the molecule is NC(=O)C12CC3C[C@H](C1)C(NC(=O)C1(N4CCN(c5ccc(C(F)(F)F)cn5)CC4)CCC1)[C@@H](C3)C2. The Morgan fingerprint density at radius 3 is 2.19 bits per heavy atom. The number of rotatable bonds is 5. The fourth-order valence-electron chi connectivity index (χ4n) is 8.15. The van der Waals surface area contributed by atoms with Crippen LogP contribution in [0.15, 0.2) is 18.3 Å². The van der Waals surface area contributed by atoms with Gasteiger partial charge in [0, 0.05) is 43.8 Å². The second-order valence-corrected chi connectivity index (χ2v) is 11.9. The number of hydrogen-bond donors (Lipinski definition) is 2. The van der Waals surface area contributed by atoms with Gasteiger partial charge in [-0.3, -0.25) is 14.5 Å². The third-order valence-corrected chi connectivity index (χ3v) is 9.98. The maximum Gasteiger partial charge on any atom is 0.417 e. The van der Waals surface area contributed by atoms with E-state index >= 15 is 0 Å². The smallest absolute Gasteiger partial charge is 0.369 e. The number of carbonyl (C=O) groups is 2. The molecule has 7 rings (SSSR count). The summed E-state index contributed by atoms with van der Waals surface area (Å²) in [6, 6.07) is 2.62. The third-order valence-electron chi connectivity index (χ3n) is 9.98. The Morgan fingerprint density at radius 2 is 1.69 bits per heavy atom. The molecule has 196 valence electrons. The van der Waals surface area contributed by atoms with E-state index in [0.717, 1.165) is 63.6 Å². The summed E-state index contributed by atoms with van der Waals surface area (Å²) in [7, 11) is 0. The van der Waals surface area contributed by atoms with Gasteiger partial charge in [-0.05, 0) is 81.3 Å². The maximum absolute atomic E-state index is 13.8. The van der Waals surface area contributed by atoms with Gasteiger partial charge in [-0.25, -0.2) is 4.98 Å². The summed E-state index contributed by atoms with van der Waals surface area (Å²) in [6.07, 6.45) is 3.81. The molecule has 0 spiro atoms. The summed E-state index contributed by atoms with van der Waals surface area (Å²) in [4.78, 5) is 34.3. The highest BCUT2D eigenvalue weighted by molar-refractivity contribution is 5.88. The van der Waals surface area contributed by atoms with Gasteiger partial charge < -0.3 is 16.0 Å². The molecule has 6 fully saturated rings. The fourth-order valence-corrected chi connectivity index (χ4v) is 8.15. The minimum atomic E-state index is -4.40. The van der Waals surface area contributed by atoms with Gasteiger partial charge in [-0.2, -0.15) is 13.2 Å². The van der Waals surface area contributed by atoms with Crippen LogP contribution in [0.2, 0.25) is 0 Å². The molecule has 1 aromatic rings. The molecule has 7 nitrogen and oxygen atoms in total. The molecule has 3 unspecified atom stereocenters. The minimum Gasteiger partial charge on any atom is -0.369 e. The highest BCUT2D eigenvalue weighted by atomic mass is 19.4. The van der Waals surface area contributed by atoms with Crippen molar-refractivity contribution in [2.24, 2.45) is 28.9 Å². The van der Waals surface area contributed by atoms with Gasteiger partial charge in [0.2, 0.25) is 11.8 Å². The molecule has 4 bridgehead atoms. The van der Waals surface area contributed by atoms with Crippen molar-refractivity contribution in [1.82, 2.24) is 15.2 Å². The largest absolute Gasteiger partial charge is 0.417 e. The molecular weight excluding hydrogens is 471 g/mol. The zero-order valence-electron chi connectivity index (χ0n) is 20.4. The van der Waals surface area contributed by atoms with Crippen LogP contribution in [0.25, 0.3) is 0 Å². The summed E-state index contributed by atoms with van der Waals surface area (Å²) in [5.41, 5.74) is 4.20. The highest BCUT2D eigenvalue weighted by Gasteiger charge is 2.59. The number of alkyl halides is 3. The summed E-state index contributed by atoms with van der Waals surface area (Å²) < 4.78 is 38.6. The molecule has 36 heavy (non-hydrogen) atoms. The Hall–Kier alpha value is -2.36. The Kier molecular flexibility index (Phi) is 5.55. The van der Waals surface area contributed by atoms with Gasteiger partial charge in [-0.1, -0.05) is 0 Å². The van der Waals surface area contributed by atoms with E-state index in [1.54, 1.807) is 0 Å². The van der Waals surface area contributed by atoms with E-state index in [2.05, 4.69) is 15.2 Å². The molecule has 5 saturated carbocycles. The molecule has 3 N–H and O–H groups in total. The maximum atomic E-state index is 13.8. The highest BCUT2D eigenvalue weighted by Crippen LogP contribution is 2.60. The summed E-state index contributed by atoms with van der Waals surface area (Å²) in [5.74, 6) is 1.68. The van der Waals surface area contributed by atoms with Crippen LogP contribution < -0.4 is 16.0 Å². The molecule has 5 aliphatic carbocycles. The van der Waals surface area contributed by atoms with Crippen LogP contribution in [0.1, 0.15) is 56.9 Å².